The molecule has 0 aromatic heterocycles. The Morgan fingerprint density at radius 1 is 1.20 bits per heavy atom. The average Bonchev–Trinajstić information content (AvgIpc) is 2.61. The lowest BCUT2D eigenvalue weighted by molar-refractivity contribution is -0.159. The number of carbonyl (C=O) groups is 2. The molecule has 0 aliphatic heterocycles. The molecule has 1 saturated carbocycles. The number of nitrogens with one attached hydrogen (secondary N) is 1. The van der Waals surface area contributed by atoms with Crippen LogP contribution in [-0.4, -0.2) is 39.0 Å². The van der Waals surface area contributed by atoms with Gasteiger partial charge >= 0.3 is 12.1 Å². The maximum absolute atomic E-state index is 11.9. The molecule has 116 valence electrons. The number of rotatable bonds is 4. The van der Waals surface area contributed by atoms with Crippen LogP contribution in [0.25, 0.3) is 0 Å². The third-order valence-electron chi connectivity index (χ3n) is 3.47. The summed E-state index contributed by atoms with van der Waals surface area (Å²) in [5.41, 5.74) is -3.18. The molecule has 1 aliphatic carbocycles. The van der Waals surface area contributed by atoms with Crippen LogP contribution in [0, 0.1) is 0 Å². The zero-order valence-corrected chi connectivity index (χ0v) is 12.7. The normalized spacial score (nSPS) is 21.1. The molecule has 0 aromatic rings. The van der Waals surface area contributed by atoms with E-state index >= 15 is 0 Å². The number of carboxylic acid groups (broad SMARTS) is 1. The van der Waals surface area contributed by atoms with Crippen LogP contribution in [0.5, 0.6) is 0 Å². The van der Waals surface area contributed by atoms with Gasteiger partial charge in [-0.2, -0.15) is 0 Å². The molecule has 1 unspecified atom stereocenters. The Bertz CT molecular complexity index is 378. The number of aliphatic hydroxyl groups is 1. The van der Waals surface area contributed by atoms with E-state index in [0.29, 0.717) is 12.8 Å². The van der Waals surface area contributed by atoms with Gasteiger partial charge in [0.15, 0.2) is 5.60 Å². The number of amides is 1. The average molecular weight is 287 g/mol. The van der Waals surface area contributed by atoms with Crippen molar-refractivity contribution >= 4 is 12.1 Å². The first-order valence-electron chi connectivity index (χ1n) is 6.93. The zero-order chi connectivity index (χ0) is 15.6. The van der Waals surface area contributed by atoms with E-state index in [0.717, 1.165) is 12.8 Å². The van der Waals surface area contributed by atoms with Gasteiger partial charge in [-0.05, 0) is 40.5 Å². The van der Waals surface area contributed by atoms with E-state index < -0.39 is 28.8 Å². The van der Waals surface area contributed by atoms with Crippen molar-refractivity contribution < 1.29 is 24.5 Å². The Morgan fingerprint density at radius 3 is 2.10 bits per heavy atom. The van der Waals surface area contributed by atoms with Gasteiger partial charge in [-0.3, -0.25) is 0 Å². The molecule has 0 bridgehead atoms. The van der Waals surface area contributed by atoms with Gasteiger partial charge in [0.1, 0.15) is 5.60 Å². The topological polar surface area (TPSA) is 95.9 Å². The Labute approximate surface area is 119 Å². The van der Waals surface area contributed by atoms with Crippen LogP contribution in [0.1, 0.15) is 59.8 Å². The highest BCUT2D eigenvalue weighted by Gasteiger charge is 2.45. The van der Waals surface area contributed by atoms with Crippen LogP contribution < -0.4 is 5.32 Å². The zero-order valence-electron chi connectivity index (χ0n) is 12.7. The van der Waals surface area contributed by atoms with E-state index in [2.05, 4.69) is 5.32 Å². The van der Waals surface area contributed by atoms with E-state index in [1.165, 1.54) is 6.92 Å². The Balaban J connectivity index is 2.78. The van der Waals surface area contributed by atoms with Crippen LogP contribution >= 0.6 is 0 Å². The third kappa shape index (κ3) is 4.67. The number of carbonyl (C=O) groups excluding carboxylic acids is 1. The Kier molecular flexibility index (Phi) is 4.69. The molecule has 0 spiro atoms. The van der Waals surface area contributed by atoms with E-state index in [4.69, 9.17) is 9.84 Å². The lowest BCUT2D eigenvalue weighted by Gasteiger charge is -2.35. The molecule has 3 N–H and O–H groups in total. The van der Waals surface area contributed by atoms with Crippen molar-refractivity contribution in [3.05, 3.63) is 0 Å². The van der Waals surface area contributed by atoms with Gasteiger partial charge in [-0.1, -0.05) is 12.8 Å². The van der Waals surface area contributed by atoms with Crippen molar-refractivity contribution in [1.82, 2.24) is 5.32 Å². The predicted molar refractivity (Wildman–Crippen MR) is 73.4 cm³/mol. The number of alkyl carbamates (subject to hydrolysis) is 1. The van der Waals surface area contributed by atoms with Gasteiger partial charge in [0, 0.05) is 12.0 Å². The molecule has 6 nitrogen and oxygen atoms in total. The summed E-state index contributed by atoms with van der Waals surface area (Å²) in [7, 11) is 0. The molecular formula is C14H25NO5. The fraction of sp³-hybridized carbons (Fsp3) is 0.857. The van der Waals surface area contributed by atoms with Gasteiger partial charge in [0.25, 0.3) is 0 Å². The molecule has 1 amide bonds. The number of carboxylic acids is 1. The van der Waals surface area contributed by atoms with Crippen molar-refractivity contribution in [2.24, 2.45) is 0 Å². The minimum atomic E-state index is -1.86. The van der Waals surface area contributed by atoms with Gasteiger partial charge in [-0.15, -0.1) is 0 Å². The molecule has 0 saturated heterocycles. The molecule has 20 heavy (non-hydrogen) atoms. The molecular weight excluding hydrogens is 262 g/mol. The quantitative estimate of drug-likeness (QED) is 0.735. The summed E-state index contributed by atoms with van der Waals surface area (Å²) in [4.78, 5) is 23.0. The highest BCUT2D eigenvalue weighted by atomic mass is 16.6. The van der Waals surface area contributed by atoms with Crippen molar-refractivity contribution in [1.29, 1.82) is 0 Å². The van der Waals surface area contributed by atoms with Crippen molar-refractivity contribution in [2.75, 3.05) is 0 Å². The van der Waals surface area contributed by atoms with E-state index in [1.807, 2.05) is 0 Å². The van der Waals surface area contributed by atoms with Crippen LogP contribution in [-0.2, 0) is 9.53 Å². The SMILES string of the molecule is CC(C)(C)OC(=O)NC1(CC(C)(O)C(=O)O)CCCC1. The molecule has 0 aromatic carbocycles. The van der Waals surface area contributed by atoms with E-state index in [9.17, 15) is 14.7 Å². The monoisotopic (exact) mass is 287 g/mol. The summed E-state index contributed by atoms with van der Waals surface area (Å²) < 4.78 is 5.22. The highest BCUT2D eigenvalue weighted by molar-refractivity contribution is 5.77. The first-order chi connectivity index (χ1) is 8.96. The first kappa shape index (κ1) is 16.8. The molecule has 1 fully saturated rings. The summed E-state index contributed by atoms with van der Waals surface area (Å²) in [5, 5.41) is 21.8. The first-order valence-corrected chi connectivity index (χ1v) is 6.93. The summed E-state index contributed by atoms with van der Waals surface area (Å²) in [6.07, 6.45) is 2.50. The maximum Gasteiger partial charge on any atom is 0.408 e. The standard InChI is InChI=1S/C14H25NO5/c1-12(2,3)20-11(18)15-14(7-5-6-8-14)9-13(4,19)10(16)17/h19H,5-9H2,1-4H3,(H,15,18)(H,16,17). The second-order valence-corrected chi connectivity index (χ2v) is 6.87. The number of ether oxygens (including phenoxy) is 1. The number of hydrogen-bond acceptors (Lipinski definition) is 4. The molecule has 1 rings (SSSR count). The molecule has 6 heteroatoms. The third-order valence-corrected chi connectivity index (χ3v) is 3.47. The molecule has 0 heterocycles. The van der Waals surface area contributed by atoms with E-state index in [-0.39, 0.29) is 6.42 Å². The molecule has 1 atom stereocenters. The predicted octanol–water partition coefficient (Wildman–Crippen LogP) is 2.05. The smallest absolute Gasteiger partial charge is 0.408 e. The van der Waals surface area contributed by atoms with Crippen molar-refractivity contribution in [3.8, 4) is 0 Å². The van der Waals surface area contributed by atoms with Crippen LogP contribution in [0.2, 0.25) is 0 Å². The van der Waals surface area contributed by atoms with Gasteiger partial charge < -0.3 is 20.3 Å². The Hall–Kier alpha value is -1.30. The van der Waals surface area contributed by atoms with E-state index in [1.54, 1.807) is 20.8 Å². The van der Waals surface area contributed by atoms with Crippen LogP contribution in [0.15, 0.2) is 0 Å². The summed E-state index contributed by atoms with van der Waals surface area (Å²) >= 11 is 0. The fourth-order valence-electron chi connectivity index (χ4n) is 2.65. The number of aliphatic carboxylic acids is 1. The minimum absolute atomic E-state index is 0.0193. The summed E-state index contributed by atoms with van der Waals surface area (Å²) in [5.74, 6) is -1.28. The largest absolute Gasteiger partial charge is 0.479 e. The van der Waals surface area contributed by atoms with Crippen molar-refractivity contribution in [3.63, 3.8) is 0 Å². The fourth-order valence-corrected chi connectivity index (χ4v) is 2.65. The van der Waals surface area contributed by atoms with Crippen LogP contribution in [0.4, 0.5) is 4.79 Å². The lowest BCUT2D eigenvalue weighted by Crippen LogP contribution is -2.54. The maximum atomic E-state index is 11.9. The summed E-state index contributed by atoms with van der Waals surface area (Å²) in [6, 6.07) is 0. The second kappa shape index (κ2) is 5.60. The van der Waals surface area contributed by atoms with Gasteiger partial charge in [-0.25, -0.2) is 9.59 Å². The van der Waals surface area contributed by atoms with Gasteiger partial charge in [0.05, 0.1) is 0 Å². The highest BCUT2D eigenvalue weighted by Crippen LogP contribution is 2.36. The second-order valence-electron chi connectivity index (χ2n) is 6.87. The molecule has 1 aliphatic rings. The van der Waals surface area contributed by atoms with Gasteiger partial charge in [0.2, 0.25) is 0 Å². The minimum Gasteiger partial charge on any atom is -0.479 e. The van der Waals surface area contributed by atoms with Crippen molar-refractivity contribution in [2.45, 2.75) is 76.5 Å². The molecule has 0 radical (unpaired) electrons. The number of hydrogen-bond donors (Lipinski definition) is 3. The Morgan fingerprint density at radius 2 is 1.70 bits per heavy atom. The summed E-state index contributed by atoms with van der Waals surface area (Å²) in [6.45, 7) is 6.55. The van der Waals surface area contributed by atoms with Crippen LogP contribution in [0.3, 0.4) is 0 Å². The lowest BCUT2D eigenvalue weighted by atomic mass is 9.84.